The van der Waals surface area contributed by atoms with Gasteiger partial charge in [-0.3, -0.25) is 4.79 Å². The number of nitrogens with zero attached hydrogens (tertiary/aromatic N) is 1. The van der Waals surface area contributed by atoms with Crippen LogP contribution in [0, 0.1) is 5.92 Å². The van der Waals surface area contributed by atoms with E-state index in [4.69, 9.17) is 9.47 Å². The zero-order chi connectivity index (χ0) is 30.3. The lowest BCUT2D eigenvalue weighted by Crippen LogP contribution is -2.45. The molecule has 0 unspecified atom stereocenters. The monoisotopic (exact) mass is 590 g/mol. The Morgan fingerprint density at radius 3 is 2.25 bits per heavy atom. The van der Waals surface area contributed by atoms with Gasteiger partial charge < -0.3 is 24.8 Å². The highest BCUT2D eigenvalue weighted by atomic mass is 16.7. The molecule has 4 atom stereocenters. The molecule has 6 heteroatoms. The molecule has 2 aliphatic rings. The number of carbonyl (C=O) groups is 1. The van der Waals surface area contributed by atoms with Gasteiger partial charge in [0.2, 0.25) is 0 Å². The predicted octanol–water partition coefficient (Wildman–Crippen LogP) is 7.05. The summed E-state index contributed by atoms with van der Waals surface area (Å²) in [6.07, 6.45) is 3.25. The Morgan fingerprint density at radius 2 is 1.52 bits per heavy atom. The van der Waals surface area contributed by atoms with Crippen molar-refractivity contribution in [2.45, 2.75) is 57.8 Å². The molecule has 0 aliphatic carbocycles. The number of rotatable bonds is 9. The van der Waals surface area contributed by atoms with Gasteiger partial charge in [0, 0.05) is 30.1 Å². The standard InChI is InChI=1S/C38H42N2O4/c1-27-35(25-40-21-6-3-7-22-40)43-38(44-36(27)31-15-13-28(26-41)14-16-31)33-19-17-30(18-20-33)34-12-8-9-29(23-34)24-39-37(42)32-10-4-2-5-11-32/h2,4-5,8-20,23,27,35-36,38,41H,3,6-7,21-22,24-26H2,1H3,(H,39,42)/t27-,35+,36+,38+/m1/s1. The summed E-state index contributed by atoms with van der Waals surface area (Å²) in [4.78, 5) is 15.0. The summed E-state index contributed by atoms with van der Waals surface area (Å²) in [7, 11) is 0. The van der Waals surface area contributed by atoms with Gasteiger partial charge in [0.05, 0.1) is 18.8 Å². The second-order valence-corrected chi connectivity index (χ2v) is 12.1. The summed E-state index contributed by atoms with van der Waals surface area (Å²) in [6.45, 7) is 5.87. The molecule has 1 amide bonds. The Hall–Kier alpha value is -3.81. The molecule has 0 saturated carbocycles. The smallest absolute Gasteiger partial charge is 0.251 e. The average Bonchev–Trinajstić information content (AvgIpc) is 3.09. The van der Waals surface area contributed by atoms with Crippen LogP contribution < -0.4 is 5.32 Å². The molecule has 2 aliphatic heterocycles. The number of ether oxygens (including phenoxy) is 2. The van der Waals surface area contributed by atoms with Crippen LogP contribution in [0.25, 0.3) is 11.1 Å². The largest absolute Gasteiger partial charge is 0.392 e. The van der Waals surface area contributed by atoms with Crippen molar-refractivity contribution in [2.75, 3.05) is 19.6 Å². The van der Waals surface area contributed by atoms with E-state index in [0.29, 0.717) is 12.1 Å². The molecule has 44 heavy (non-hydrogen) atoms. The number of benzene rings is 4. The molecule has 6 rings (SSSR count). The molecule has 2 saturated heterocycles. The minimum absolute atomic E-state index is 0.0300. The Labute approximate surface area is 260 Å². The first-order valence-corrected chi connectivity index (χ1v) is 15.8. The highest BCUT2D eigenvalue weighted by Crippen LogP contribution is 2.42. The molecule has 6 nitrogen and oxygen atoms in total. The van der Waals surface area contributed by atoms with Gasteiger partial charge in [-0.1, -0.05) is 98.3 Å². The van der Waals surface area contributed by atoms with Crippen LogP contribution in [-0.2, 0) is 22.6 Å². The van der Waals surface area contributed by atoms with E-state index >= 15 is 0 Å². The molecule has 2 heterocycles. The molecule has 4 aromatic rings. The topological polar surface area (TPSA) is 71.0 Å². The third-order valence-corrected chi connectivity index (χ3v) is 8.94. The lowest BCUT2D eigenvalue weighted by Gasteiger charge is -2.43. The number of amides is 1. The van der Waals surface area contributed by atoms with Gasteiger partial charge in [-0.15, -0.1) is 0 Å². The van der Waals surface area contributed by atoms with E-state index in [1.54, 1.807) is 0 Å². The summed E-state index contributed by atoms with van der Waals surface area (Å²) < 4.78 is 13.4. The third kappa shape index (κ3) is 7.28. The minimum Gasteiger partial charge on any atom is -0.392 e. The maximum absolute atomic E-state index is 12.5. The normalized spacial score (nSPS) is 22.4. The second-order valence-electron chi connectivity index (χ2n) is 12.1. The first-order valence-electron chi connectivity index (χ1n) is 15.8. The van der Waals surface area contributed by atoms with Gasteiger partial charge in [-0.2, -0.15) is 0 Å². The van der Waals surface area contributed by atoms with Crippen molar-refractivity contribution in [3.05, 3.63) is 131 Å². The fraction of sp³-hybridized carbons (Fsp3) is 0.342. The van der Waals surface area contributed by atoms with Crippen molar-refractivity contribution in [3.8, 4) is 11.1 Å². The highest BCUT2D eigenvalue weighted by Gasteiger charge is 2.39. The number of piperidine rings is 1. The van der Waals surface area contributed by atoms with Crippen LogP contribution in [0.5, 0.6) is 0 Å². The number of likely N-dealkylation sites (tertiary alicyclic amines) is 1. The van der Waals surface area contributed by atoms with E-state index in [-0.39, 0.29) is 30.6 Å². The van der Waals surface area contributed by atoms with Crippen molar-refractivity contribution < 1.29 is 19.4 Å². The van der Waals surface area contributed by atoms with Gasteiger partial charge in [0.15, 0.2) is 6.29 Å². The fourth-order valence-electron chi connectivity index (χ4n) is 6.29. The van der Waals surface area contributed by atoms with Gasteiger partial charge in [-0.25, -0.2) is 0 Å². The molecule has 0 spiro atoms. The van der Waals surface area contributed by atoms with E-state index < -0.39 is 6.29 Å². The van der Waals surface area contributed by atoms with Crippen LogP contribution in [0.15, 0.2) is 103 Å². The van der Waals surface area contributed by atoms with Gasteiger partial charge in [0.1, 0.15) is 0 Å². The summed E-state index contributed by atoms with van der Waals surface area (Å²) in [6, 6.07) is 34.1. The minimum atomic E-state index is -0.475. The maximum Gasteiger partial charge on any atom is 0.251 e. The lowest BCUT2D eigenvalue weighted by molar-refractivity contribution is -0.276. The van der Waals surface area contributed by atoms with Crippen LogP contribution in [0.4, 0.5) is 0 Å². The number of aliphatic hydroxyl groups excluding tert-OH is 1. The van der Waals surface area contributed by atoms with Gasteiger partial charge >= 0.3 is 0 Å². The van der Waals surface area contributed by atoms with Crippen LogP contribution in [0.2, 0.25) is 0 Å². The molecule has 2 fully saturated rings. The van der Waals surface area contributed by atoms with E-state index in [2.05, 4.69) is 65.7 Å². The quantitative estimate of drug-likeness (QED) is 0.219. The Bertz CT molecular complexity index is 1500. The molecular formula is C38H42N2O4. The van der Waals surface area contributed by atoms with Crippen LogP contribution in [-0.4, -0.2) is 41.7 Å². The Balaban J connectivity index is 1.17. The molecule has 0 bridgehead atoms. The number of hydrogen-bond donors (Lipinski definition) is 2. The van der Waals surface area contributed by atoms with E-state index in [0.717, 1.165) is 53.0 Å². The lowest BCUT2D eigenvalue weighted by atomic mass is 9.89. The van der Waals surface area contributed by atoms with Crippen molar-refractivity contribution in [3.63, 3.8) is 0 Å². The number of nitrogens with one attached hydrogen (secondary N) is 1. The summed E-state index contributed by atoms with van der Waals surface area (Å²) >= 11 is 0. The average molecular weight is 591 g/mol. The molecule has 4 aromatic carbocycles. The van der Waals surface area contributed by atoms with Crippen molar-refractivity contribution >= 4 is 5.91 Å². The first-order chi connectivity index (χ1) is 21.6. The summed E-state index contributed by atoms with van der Waals surface area (Å²) in [5.74, 6) is 0.0981. The summed E-state index contributed by atoms with van der Waals surface area (Å²) in [5, 5.41) is 12.6. The van der Waals surface area contributed by atoms with Crippen LogP contribution in [0.1, 0.15) is 71.2 Å². The Kier molecular flexibility index (Phi) is 9.83. The molecule has 228 valence electrons. The van der Waals surface area contributed by atoms with Crippen molar-refractivity contribution in [2.24, 2.45) is 5.92 Å². The first kappa shape index (κ1) is 30.2. The fourth-order valence-corrected chi connectivity index (χ4v) is 6.29. The van der Waals surface area contributed by atoms with Crippen LogP contribution >= 0.6 is 0 Å². The van der Waals surface area contributed by atoms with Gasteiger partial charge in [-0.05, 0) is 71.9 Å². The zero-order valence-corrected chi connectivity index (χ0v) is 25.4. The zero-order valence-electron chi connectivity index (χ0n) is 25.4. The summed E-state index contributed by atoms with van der Waals surface area (Å²) in [5.41, 5.74) is 6.88. The predicted molar refractivity (Wildman–Crippen MR) is 173 cm³/mol. The third-order valence-electron chi connectivity index (χ3n) is 8.94. The second kappa shape index (κ2) is 14.3. The highest BCUT2D eigenvalue weighted by molar-refractivity contribution is 5.94. The maximum atomic E-state index is 12.5. The van der Waals surface area contributed by atoms with Crippen molar-refractivity contribution in [1.29, 1.82) is 0 Å². The van der Waals surface area contributed by atoms with Crippen LogP contribution in [0.3, 0.4) is 0 Å². The number of carbonyl (C=O) groups excluding carboxylic acids is 1. The molecule has 0 aromatic heterocycles. The molecule has 2 N–H and O–H groups in total. The molecule has 0 radical (unpaired) electrons. The number of aliphatic hydroxyl groups is 1. The molecular weight excluding hydrogens is 548 g/mol. The van der Waals surface area contributed by atoms with E-state index in [1.165, 1.54) is 19.3 Å². The van der Waals surface area contributed by atoms with E-state index in [1.807, 2.05) is 54.6 Å². The van der Waals surface area contributed by atoms with Crippen molar-refractivity contribution in [1.82, 2.24) is 10.2 Å². The van der Waals surface area contributed by atoms with E-state index in [9.17, 15) is 9.90 Å². The van der Waals surface area contributed by atoms with Gasteiger partial charge in [0.25, 0.3) is 5.91 Å². The number of hydrogen-bond acceptors (Lipinski definition) is 5. The SMILES string of the molecule is C[C@@H]1[C@H](CN2CCCCC2)O[C@H](c2ccc(-c3cccc(CNC(=O)c4ccccc4)c3)cc2)O[C@@H]1c1ccc(CO)cc1. The Morgan fingerprint density at radius 1 is 0.795 bits per heavy atom.